The van der Waals surface area contributed by atoms with Crippen molar-refractivity contribution in [3.05, 3.63) is 0 Å². The highest BCUT2D eigenvalue weighted by Crippen LogP contribution is 1.92. The molecule has 60 valence electrons. The molecule has 0 saturated carbocycles. The number of hydrogen-bond donors (Lipinski definition) is 1. The summed E-state index contributed by atoms with van der Waals surface area (Å²) in [7, 11) is 0. The molecule has 0 spiro atoms. The summed E-state index contributed by atoms with van der Waals surface area (Å²) in [5.74, 6) is 0. The predicted octanol–water partition coefficient (Wildman–Crippen LogP) is 1.65. The molecule has 0 aliphatic carbocycles. The molecule has 0 aromatic carbocycles. The van der Waals surface area contributed by atoms with Gasteiger partial charge in [0.15, 0.2) is 0 Å². The zero-order chi connectivity index (χ0) is 7.66. The van der Waals surface area contributed by atoms with Crippen molar-refractivity contribution in [2.75, 3.05) is 13.2 Å². The molecule has 0 aromatic rings. The van der Waals surface area contributed by atoms with Gasteiger partial charge < -0.3 is 9.94 Å². The number of ether oxygens (including phenoxy) is 1. The fourth-order valence-corrected chi connectivity index (χ4v) is 0.623. The Hall–Kier alpha value is -0.570. The van der Waals surface area contributed by atoms with Crippen LogP contribution in [0.5, 0.6) is 0 Å². The molecule has 0 rings (SSSR count). The van der Waals surface area contributed by atoms with Gasteiger partial charge in [0.1, 0.15) is 0 Å². The predicted molar refractivity (Wildman–Crippen MR) is 40.6 cm³/mol. The van der Waals surface area contributed by atoms with Gasteiger partial charge in [0, 0.05) is 6.61 Å². The SMILES string of the molecule is CCCCCOCC=NO. The number of unbranched alkanes of at least 4 members (excludes halogenated alkanes) is 2. The molecule has 10 heavy (non-hydrogen) atoms. The molecular weight excluding hydrogens is 130 g/mol. The zero-order valence-corrected chi connectivity index (χ0v) is 6.42. The van der Waals surface area contributed by atoms with Crippen LogP contribution in [0.1, 0.15) is 26.2 Å². The summed E-state index contributed by atoms with van der Waals surface area (Å²) in [5.41, 5.74) is 0. The van der Waals surface area contributed by atoms with Crippen LogP contribution >= 0.6 is 0 Å². The molecule has 0 radical (unpaired) electrons. The van der Waals surface area contributed by atoms with E-state index in [-0.39, 0.29) is 0 Å². The van der Waals surface area contributed by atoms with E-state index >= 15 is 0 Å². The van der Waals surface area contributed by atoms with Crippen molar-refractivity contribution in [1.29, 1.82) is 0 Å². The second kappa shape index (κ2) is 8.43. The maximum atomic E-state index is 7.96. The van der Waals surface area contributed by atoms with Gasteiger partial charge in [-0.05, 0) is 6.42 Å². The lowest BCUT2D eigenvalue weighted by molar-refractivity contribution is 0.166. The third-order valence-electron chi connectivity index (χ3n) is 1.17. The van der Waals surface area contributed by atoms with Crippen LogP contribution in [0.25, 0.3) is 0 Å². The first kappa shape index (κ1) is 9.43. The van der Waals surface area contributed by atoms with Crippen LogP contribution in [0, 0.1) is 0 Å². The Morgan fingerprint density at radius 2 is 2.30 bits per heavy atom. The molecule has 0 fully saturated rings. The summed E-state index contributed by atoms with van der Waals surface area (Å²) in [6.07, 6.45) is 4.84. The summed E-state index contributed by atoms with van der Waals surface area (Å²) in [5, 5.41) is 10.8. The standard InChI is InChI=1S/C7H15NO2/c1-2-3-4-6-10-7-5-8-9/h5,9H,2-4,6-7H2,1H3. The van der Waals surface area contributed by atoms with Gasteiger partial charge in [-0.15, -0.1) is 0 Å². The normalized spacial score (nSPS) is 10.9. The number of nitrogens with zero attached hydrogens (tertiary/aromatic N) is 1. The highest BCUT2D eigenvalue weighted by molar-refractivity contribution is 5.57. The van der Waals surface area contributed by atoms with E-state index in [2.05, 4.69) is 12.1 Å². The van der Waals surface area contributed by atoms with E-state index in [1.807, 2.05) is 0 Å². The fraction of sp³-hybridized carbons (Fsp3) is 0.857. The van der Waals surface area contributed by atoms with Crippen molar-refractivity contribution in [2.24, 2.45) is 5.16 Å². The van der Waals surface area contributed by atoms with Gasteiger partial charge in [-0.25, -0.2) is 0 Å². The van der Waals surface area contributed by atoms with Crippen LogP contribution in [0.2, 0.25) is 0 Å². The van der Waals surface area contributed by atoms with Crippen LogP contribution in [-0.4, -0.2) is 24.6 Å². The maximum absolute atomic E-state index is 7.96. The van der Waals surface area contributed by atoms with Gasteiger partial charge in [-0.2, -0.15) is 0 Å². The monoisotopic (exact) mass is 145 g/mol. The summed E-state index contributed by atoms with van der Waals surface area (Å²) < 4.78 is 5.07. The van der Waals surface area contributed by atoms with Crippen molar-refractivity contribution >= 4 is 6.21 Å². The molecule has 0 aromatic heterocycles. The second-order valence-electron chi connectivity index (χ2n) is 2.08. The molecule has 0 amide bonds. The summed E-state index contributed by atoms with van der Waals surface area (Å²) in [6, 6.07) is 0. The van der Waals surface area contributed by atoms with Gasteiger partial charge >= 0.3 is 0 Å². The van der Waals surface area contributed by atoms with Crippen LogP contribution in [0.3, 0.4) is 0 Å². The van der Waals surface area contributed by atoms with Crippen LogP contribution in [-0.2, 0) is 4.74 Å². The minimum absolute atomic E-state index is 0.417. The van der Waals surface area contributed by atoms with E-state index < -0.39 is 0 Å². The highest BCUT2D eigenvalue weighted by Gasteiger charge is 1.84. The van der Waals surface area contributed by atoms with E-state index in [0.717, 1.165) is 13.0 Å². The van der Waals surface area contributed by atoms with E-state index in [0.29, 0.717) is 6.61 Å². The van der Waals surface area contributed by atoms with E-state index in [1.54, 1.807) is 0 Å². The van der Waals surface area contributed by atoms with Gasteiger partial charge in [0.05, 0.1) is 12.8 Å². The van der Waals surface area contributed by atoms with E-state index in [1.165, 1.54) is 19.1 Å². The molecule has 3 heteroatoms. The van der Waals surface area contributed by atoms with Crippen molar-refractivity contribution in [1.82, 2.24) is 0 Å². The number of hydrogen-bond acceptors (Lipinski definition) is 3. The van der Waals surface area contributed by atoms with E-state index in [9.17, 15) is 0 Å². The minimum Gasteiger partial charge on any atom is -0.411 e. The van der Waals surface area contributed by atoms with Gasteiger partial charge in [0.2, 0.25) is 0 Å². The molecule has 0 atom stereocenters. The molecule has 0 heterocycles. The van der Waals surface area contributed by atoms with Crippen LogP contribution in [0.15, 0.2) is 5.16 Å². The Morgan fingerprint density at radius 1 is 1.50 bits per heavy atom. The first-order chi connectivity index (χ1) is 4.91. The van der Waals surface area contributed by atoms with E-state index in [4.69, 9.17) is 9.94 Å². The molecule has 1 N–H and O–H groups in total. The summed E-state index contributed by atoms with van der Waals surface area (Å²) in [4.78, 5) is 0. The van der Waals surface area contributed by atoms with Crippen molar-refractivity contribution in [2.45, 2.75) is 26.2 Å². The minimum atomic E-state index is 0.417. The molecule has 0 aliphatic rings. The second-order valence-corrected chi connectivity index (χ2v) is 2.08. The lowest BCUT2D eigenvalue weighted by atomic mass is 10.3. The maximum Gasteiger partial charge on any atom is 0.0851 e. The number of rotatable bonds is 6. The largest absolute Gasteiger partial charge is 0.411 e. The summed E-state index contributed by atoms with van der Waals surface area (Å²) in [6.45, 7) is 3.33. The van der Waals surface area contributed by atoms with Crippen LogP contribution in [0.4, 0.5) is 0 Å². The Bertz CT molecular complexity index is 83.7. The average molecular weight is 145 g/mol. The smallest absolute Gasteiger partial charge is 0.0851 e. The first-order valence-corrected chi connectivity index (χ1v) is 3.65. The van der Waals surface area contributed by atoms with Gasteiger partial charge in [-0.3, -0.25) is 0 Å². The lowest BCUT2D eigenvalue weighted by Gasteiger charge is -1.97. The highest BCUT2D eigenvalue weighted by atomic mass is 16.5. The molecular formula is C7H15NO2. The molecule has 0 saturated heterocycles. The summed E-state index contributed by atoms with van der Waals surface area (Å²) >= 11 is 0. The Morgan fingerprint density at radius 3 is 2.90 bits per heavy atom. The number of oxime groups is 1. The van der Waals surface area contributed by atoms with Crippen molar-refractivity contribution < 1.29 is 9.94 Å². The zero-order valence-electron chi connectivity index (χ0n) is 6.42. The first-order valence-electron chi connectivity index (χ1n) is 3.65. The average Bonchev–Trinajstić information content (AvgIpc) is 1.97. The molecule has 0 aliphatic heterocycles. The molecule has 0 bridgehead atoms. The lowest BCUT2D eigenvalue weighted by Crippen LogP contribution is -1.97. The Balaban J connectivity index is 2.77. The third kappa shape index (κ3) is 7.43. The Kier molecular flexibility index (Phi) is 7.95. The van der Waals surface area contributed by atoms with Gasteiger partial charge in [0.25, 0.3) is 0 Å². The third-order valence-corrected chi connectivity index (χ3v) is 1.17. The van der Waals surface area contributed by atoms with Crippen LogP contribution < -0.4 is 0 Å². The van der Waals surface area contributed by atoms with Gasteiger partial charge in [-0.1, -0.05) is 24.9 Å². The molecule has 3 nitrogen and oxygen atoms in total. The topological polar surface area (TPSA) is 41.8 Å². The Labute approximate surface area is 61.7 Å². The molecule has 0 unspecified atom stereocenters. The quantitative estimate of drug-likeness (QED) is 0.267. The van der Waals surface area contributed by atoms with Crippen molar-refractivity contribution in [3.63, 3.8) is 0 Å². The fourth-order valence-electron chi connectivity index (χ4n) is 0.623. The van der Waals surface area contributed by atoms with Crippen molar-refractivity contribution in [3.8, 4) is 0 Å².